The Morgan fingerprint density at radius 3 is 2.15 bits per heavy atom. The molecule has 0 amide bonds. The van der Waals surface area contributed by atoms with Crippen LogP contribution >= 0.6 is 10.2 Å². The zero-order valence-corrected chi connectivity index (χ0v) is 10.5. The highest BCUT2D eigenvalue weighted by Gasteiger charge is 2.31. The summed E-state index contributed by atoms with van der Waals surface area (Å²) in [6.45, 7) is 8.27. The number of hydrogen-bond acceptors (Lipinski definition) is 1. The van der Waals surface area contributed by atoms with Gasteiger partial charge in [-0.05, 0) is 43.9 Å². The monoisotopic (exact) mass is 203 g/mol. The SMILES string of the molecule is CCC(C)N(CC)S1(C)CCCC1. The second-order valence-corrected chi connectivity index (χ2v) is 8.06. The molecule has 13 heavy (non-hydrogen) atoms. The predicted molar refractivity (Wildman–Crippen MR) is 64.6 cm³/mol. The lowest BCUT2D eigenvalue weighted by atomic mass is 10.3. The molecule has 1 unspecified atom stereocenters. The molecule has 0 N–H and O–H groups in total. The molecule has 1 saturated heterocycles. The van der Waals surface area contributed by atoms with E-state index < -0.39 is 0 Å². The van der Waals surface area contributed by atoms with Crippen LogP contribution in [0.2, 0.25) is 0 Å². The summed E-state index contributed by atoms with van der Waals surface area (Å²) in [7, 11) is -0.373. The molecule has 0 saturated carbocycles. The molecule has 0 aromatic rings. The molecule has 1 atom stereocenters. The lowest BCUT2D eigenvalue weighted by molar-refractivity contribution is 0.371. The predicted octanol–water partition coefficient (Wildman–Crippen LogP) is 3.25. The normalized spacial score (nSPS) is 26.2. The van der Waals surface area contributed by atoms with Crippen molar-refractivity contribution in [2.24, 2.45) is 0 Å². The fraction of sp³-hybridized carbons (Fsp3) is 1.00. The van der Waals surface area contributed by atoms with Gasteiger partial charge >= 0.3 is 0 Å². The van der Waals surface area contributed by atoms with E-state index in [-0.39, 0.29) is 10.2 Å². The molecule has 2 heteroatoms. The zero-order valence-electron chi connectivity index (χ0n) is 9.68. The quantitative estimate of drug-likeness (QED) is 0.678. The Hall–Kier alpha value is 0.310. The van der Waals surface area contributed by atoms with Crippen molar-refractivity contribution in [3.8, 4) is 0 Å². The van der Waals surface area contributed by atoms with Gasteiger partial charge in [0.1, 0.15) is 0 Å². The van der Waals surface area contributed by atoms with Crippen LogP contribution in [0.1, 0.15) is 40.0 Å². The molecule has 0 aliphatic carbocycles. The van der Waals surface area contributed by atoms with Crippen LogP contribution in [0.15, 0.2) is 0 Å². The van der Waals surface area contributed by atoms with Gasteiger partial charge in [-0.25, -0.2) is 0 Å². The lowest BCUT2D eigenvalue weighted by Gasteiger charge is -2.46. The van der Waals surface area contributed by atoms with E-state index in [0.29, 0.717) is 0 Å². The minimum atomic E-state index is -0.373. The van der Waals surface area contributed by atoms with Crippen LogP contribution in [0, 0.1) is 0 Å². The van der Waals surface area contributed by atoms with Gasteiger partial charge in [0.25, 0.3) is 0 Å². The Balaban J connectivity index is 2.63. The third kappa shape index (κ3) is 2.41. The Labute approximate surface area is 85.3 Å². The molecule has 0 bridgehead atoms. The van der Waals surface area contributed by atoms with Crippen molar-refractivity contribution < 1.29 is 0 Å². The van der Waals surface area contributed by atoms with Gasteiger partial charge in [0.05, 0.1) is 0 Å². The van der Waals surface area contributed by atoms with Crippen LogP contribution < -0.4 is 0 Å². The third-order valence-corrected chi connectivity index (χ3v) is 7.47. The van der Waals surface area contributed by atoms with Gasteiger partial charge in [-0.1, -0.05) is 13.8 Å². The number of rotatable bonds is 4. The summed E-state index contributed by atoms with van der Waals surface area (Å²) in [5.74, 6) is 2.98. The van der Waals surface area contributed by atoms with Crippen LogP contribution in [0.4, 0.5) is 0 Å². The van der Waals surface area contributed by atoms with Crippen molar-refractivity contribution in [1.82, 2.24) is 4.31 Å². The molecular formula is C11H25NS. The van der Waals surface area contributed by atoms with Crippen molar-refractivity contribution in [2.75, 3.05) is 24.3 Å². The average Bonchev–Trinajstić information content (AvgIpc) is 2.53. The van der Waals surface area contributed by atoms with Gasteiger partial charge in [0.2, 0.25) is 0 Å². The molecule has 1 aliphatic rings. The fourth-order valence-electron chi connectivity index (χ4n) is 2.42. The molecule has 1 heterocycles. The summed E-state index contributed by atoms with van der Waals surface area (Å²) in [5.41, 5.74) is 0. The van der Waals surface area contributed by atoms with E-state index in [2.05, 4.69) is 31.3 Å². The molecule has 0 aromatic carbocycles. The van der Waals surface area contributed by atoms with E-state index in [4.69, 9.17) is 0 Å². The van der Waals surface area contributed by atoms with Gasteiger partial charge < -0.3 is 0 Å². The van der Waals surface area contributed by atoms with E-state index in [1.54, 1.807) is 0 Å². The van der Waals surface area contributed by atoms with Crippen LogP contribution in [0.3, 0.4) is 0 Å². The summed E-state index contributed by atoms with van der Waals surface area (Å²) in [6.07, 6.45) is 6.78. The van der Waals surface area contributed by atoms with Crippen LogP contribution in [-0.2, 0) is 0 Å². The van der Waals surface area contributed by atoms with E-state index >= 15 is 0 Å². The van der Waals surface area contributed by atoms with E-state index in [0.717, 1.165) is 6.04 Å². The zero-order chi connectivity index (χ0) is 9.90. The van der Waals surface area contributed by atoms with Gasteiger partial charge in [-0.3, -0.25) is 4.31 Å². The summed E-state index contributed by atoms with van der Waals surface area (Å²) < 4.78 is 2.79. The maximum Gasteiger partial charge on any atom is 0.0156 e. The van der Waals surface area contributed by atoms with Crippen molar-refractivity contribution in [1.29, 1.82) is 0 Å². The first-order valence-electron chi connectivity index (χ1n) is 5.64. The maximum atomic E-state index is 2.79. The average molecular weight is 203 g/mol. The first kappa shape index (κ1) is 11.4. The van der Waals surface area contributed by atoms with E-state index in [9.17, 15) is 0 Å². The highest BCUT2D eigenvalue weighted by molar-refractivity contribution is 8.31. The van der Waals surface area contributed by atoms with Crippen molar-refractivity contribution in [3.63, 3.8) is 0 Å². The Kier molecular flexibility index (Phi) is 4.11. The Morgan fingerprint density at radius 1 is 1.23 bits per heavy atom. The maximum absolute atomic E-state index is 2.79. The molecule has 1 nitrogen and oxygen atoms in total. The highest BCUT2D eigenvalue weighted by atomic mass is 32.3. The van der Waals surface area contributed by atoms with Gasteiger partial charge in [-0.2, -0.15) is 10.2 Å². The van der Waals surface area contributed by atoms with Crippen molar-refractivity contribution >= 4 is 10.2 Å². The first-order valence-corrected chi connectivity index (χ1v) is 7.98. The third-order valence-electron chi connectivity index (χ3n) is 3.38. The second-order valence-electron chi connectivity index (χ2n) is 4.33. The summed E-state index contributed by atoms with van der Waals surface area (Å²) in [4.78, 5) is 0. The van der Waals surface area contributed by atoms with Crippen LogP contribution in [0.25, 0.3) is 0 Å². The van der Waals surface area contributed by atoms with Crippen LogP contribution in [-0.4, -0.2) is 34.7 Å². The number of hydrogen-bond donors (Lipinski definition) is 0. The Morgan fingerprint density at radius 2 is 1.77 bits per heavy atom. The Bertz CT molecular complexity index is 152. The number of nitrogens with zero attached hydrogens (tertiary/aromatic N) is 1. The second kappa shape index (κ2) is 4.70. The molecule has 1 fully saturated rings. The molecule has 0 spiro atoms. The molecule has 1 aliphatic heterocycles. The summed E-state index contributed by atoms with van der Waals surface area (Å²) in [5, 5.41) is 0. The lowest BCUT2D eigenvalue weighted by Crippen LogP contribution is -2.35. The first-order chi connectivity index (χ1) is 6.14. The van der Waals surface area contributed by atoms with E-state index in [1.165, 1.54) is 37.3 Å². The van der Waals surface area contributed by atoms with Gasteiger partial charge in [0.15, 0.2) is 0 Å². The molecular weight excluding hydrogens is 178 g/mol. The molecule has 80 valence electrons. The smallest absolute Gasteiger partial charge is 0.0156 e. The van der Waals surface area contributed by atoms with Gasteiger partial charge in [0, 0.05) is 12.6 Å². The minimum absolute atomic E-state index is 0.373. The fourth-order valence-corrected chi connectivity index (χ4v) is 6.39. The summed E-state index contributed by atoms with van der Waals surface area (Å²) >= 11 is 0. The molecule has 0 aromatic heterocycles. The van der Waals surface area contributed by atoms with Crippen molar-refractivity contribution in [2.45, 2.75) is 46.1 Å². The minimum Gasteiger partial charge on any atom is -0.265 e. The molecule has 0 radical (unpaired) electrons. The largest absolute Gasteiger partial charge is 0.265 e. The van der Waals surface area contributed by atoms with E-state index in [1.807, 2.05) is 0 Å². The standard InChI is InChI=1S/C11H25NS/c1-5-11(3)12(6-2)13(4)9-7-8-10-13/h11H,5-10H2,1-4H3. The topological polar surface area (TPSA) is 3.24 Å². The van der Waals surface area contributed by atoms with Gasteiger partial charge in [-0.15, -0.1) is 0 Å². The van der Waals surface area contributed by atoms with Crippen LogP contribution in [0.5, 0.6) is 0 Å². The summed E-state index contributed by atoms with van der Waals surface area (Å²) in [6, 6.07) is 0.795. The molecule has 1 rings (SSSR count). The van der Waals surface area contributed by atoms with Crippen molar-refractivity contribution in [3.05, 3.63) is 0 Å². The highest BCUT2D eigenvalue weighted by Crippen LogP contribution is 2.54.